The smallest absolute Gasteiger partial charge is 0.200 e. The summed E-state index contributed by atoms with van der Waals surface area (Å²) < 4.78 is 629. The molecule has 0 saturated heterocycles. The summed E-state index contributed by atoms with van der Waals surface area (Å²) in [4.78, 5) is 0. The fourth-order valence-corrected chi connectivity index (χ4v) is 10.4. The van der Waals surface area contributed by atoms with E-state index in [1.807, 2.05) is 0 Å². The summed E-state index contributed by atoms with van der Waals surface area (Å²) >= 11 is 0. The van der Waals surface area contributed by atoms with Crippen molar-refractivity contribution in [3.63, 3.8) is 0 Å². The lowest BCUT2D eigenvalue weighted by molar-refractivity contribution is 0.379. The maximum absolute atomic E-state index is 17.9. The lowest BCUT2D eigenvalue weighted by Gasteiger charge is -2.23. The highest BCUT2D eigenvalue weighted by Crippen LogP contribution is 2.54. The second kappa shape index (κ2) is 24.9. The molecule has 0 saturated carbocycles. The summed E-state index contributed by atoms with van der Waals surface area (Å²) in [5.74, 6) is -143. The zero-order valence-electron chi connectivity index (χ0n) is 46.2. The van der Waals surface area contributed by atoms with Gasteiger partial charge in [-0.05, 0) is 18.6 Å². The second-order valence-electron chi connectivity index (χ2n) is 20.2. The van der Waals surface area contributed by atoms with Crippen molar-refractivity contribution in [1.29, 1.82) is 0 Å². The highest BCUT2D eigenvalue weighted by Gasteiger charge is 2.45. The zero-order valence-corrected chi connectivity index (χ0v) is 46.2. The molecule has 0 amide bonds. The average molecular weight is 1500 g/mol. The molecule has 0 heterocycles. The van der Waals surface area contributed by atoms with E-state index >= 15 is 123 Å². The van der Waals surface area contributed by atoms with Crippen LogP contribution in [0.3, 0.4) is 0 Å². The monoisotopic (exact) mass is 1500 g/mol. The van der Waals surface area contributed by atoms with Crippen molar-refractivity contribution in [2.45, 2.75) is 6.92 Å². The first kappa shape index (κ1) is 73.1. The van der Waals surface area contributed by atoms with E-state index in [2.05, 4.69) is 0 Å². The van der Waals surface area contributed by atoms with E-state index in [1.165, 1.54) is 0 Å². The van der Waals surface area contributed by atoms with Crippen molar-refractivity contribution < 1.29 is 176 Å². The van der Waals surface area contributed by atoms with Crippen LogP contribution in [-0.4, -0.2) is 0 Å². The average Bonchev–Trinajstić information content (AvgIpc) is 0.711. The van der Waals surface area contributed by atoms with Gasteiger partial charge in [-0.3, -0.25) is 0 Å². The van der Waals surface area contributed by atoms with Crippen molar-refractivity contribution in [2.75, 3.05) is 0 Å². The minimum atomic E-state index is -4.13. The number of rotatable bonds is 9. The quantitative estimate of drug-likeness (QED) is 0.0768. The summed E-state index contributed by atoms with van der Waals surface area (Å²) in [5.41, 5.74) is -62.1. The zero-order chi connectivity index (χ0) is 75.8. The van der Waals surface area contributed by atoms with Gasteiger partial charge in [0.25, 0.3) is 0 Å². The number of benzene rings is 10. The number of hydrogen-bond acceptors (Lipinski definition) is 0. The van der Waals surface area contributed by atoms with Gasteiger partial charge in [0, 0.05) is 16.7 Å². The Morgan fingerprint density at radius 1 is 0.109 bits per heavy atom. The summed E-state index contributed by atoms with van der Waals surface area (Å²) in [6.45, 7) is -0.199. The van der Waals surface area contributed by atoms with Crippen LogP contribution in [0.4, 0.5) is 176 Å². The Balaban J connectivity index is 1.46. The molecule has 0 atom stereocenters. The SMILES string of the molecule is Cc1c(F)c(-c2cc(-c3c(F)c(F)c(-c4c(F)c(F)c(F)c(F)c4F)c(F)c3F)c(F)c(-c3c(F)c(-c4c(F)c(F)c(-c5c(F)c(F)c(F)c(F)c5F)c(F)c4F)c(F)c(-c4c(F)c(F)c(-c5c(F)c(F)c(F)c(F)c5F)c(F)c4F)c3F)c2F)c(F)c(F)c1-c1c(F)c(F)c(F)c(F)c1F. The molecule has 0 aliphatic carbocycles. The molecule has 0 fully saturated rings. The highest BCUT2D eigenvalue weighted by atomic mass is 19.2. The molecule has 0 bridgehead atoms. The molecule has 0 N–H and O–H groups in total. The van der Waals surface area contributed by atoms with Gasteiger partial charge < -0.3 is 0 Å². The van der Waals surface area contributed by atoms with Gasteiger partial charge in [0.15, 0.2) is 175 Å². The predicted octanol–water partition coefficient (Wildman–Crippen LogP) is 22.6. The first-order valence-corrected chi connectivity index (χ1v) is 25.4. The molecule has 0 spiro atoms. The molecule has 10 aromatic rings. The molecular formula is C61H4F40. The Morgan fingerprint density at radius 3 is 0.406 bits per heavy atom. The fraction of sp³-hybridized carbons (Fsp3) is 0.0164. The van der Waals surface area contributed by atoms with Crippen LogP contribution in [0.5, 0.6) is 0 Å². The summed E-state index contributed by atoms with van der Waals surface area (Å²) in [7, 11) is 0. The predicted molar refractivity (Wildman–Crippen MR) is 258 cm³/mol. The molecular weight excluding hydrogens is 1490 g/mol. The lowest BCUT2D eigenvalue weighted by atomic mass is 9.84. The molecule has 0 radical (unpaired) electrons. The van der Waals surface area contributed by atoms with E-state index in [1.54, 1.807) is 0 Å². The Labute approximate surface area is 526 Å². The van der Waals surface area contributed by atoms with Gasteiger partial charge in [-0.2, -0.15) is 0 Å². The number of hydrogen-bond donors (Lipinski definition) is 0. The highest BCUT2D eigenvalue weighted by molar-refractivity contribution is 5.92. The van der Waals surface area contributed by atoms with E-state index in [-0.39, 0.29) is 6.92 Å². The van der Waals surface area contributed by atoms with Crippen molar-refractivity contribution in [3.8, 4) is 100 Å². The third-order valence-electron chi connectivity index (χ3n) is 15.0. The maximum atomic E-state index is 17.9. The van der Waals surface area contributed by atoms with Gasteiger partial charge in [0.1, 0.15) is 34.9 Å². The second-order valence-corrected chi connectivity index (χ2v) is 20.2. The molecule has 101 heavy (non-hydrogen) atoms. The van der Waals surface area contributed by atoms with Crippen LogP contribution in [0.2, 0.25) is 0 Å². The summed E-state index contributed by atoms with van der Waals surface area (Å²) in [6, 6.07) is -1.21. The topological polar surface area (TPSA) is 0 Å². The van der Waals surface area contributed by atoms with Crippen LogP contribution in [0.15, 0.2) is 6.07 Å². The van der Waals surface area contributed by atoms with E-state index in [9.17, 15) is 52.7 Å². The Morgan fingerprint density at radius 2 is 0.218 bits per heavy atom. The van der Waals surface area contributed by atoms with Gasteiger partial charge >= 0.3 is 0 Å². The minimum absolute atomic E-state index is 0.199. The molecule has 528 valence electrons. The summed E-state index contributed by atoms with van der Waals surface area (Å²) in [6.07, 6.45) is 0. The molecule has 40 heteroatoms. The molecule has 0 aliphatic heterocycles. The van der Waals surface area contributed by atoms with E-state index in [0.29, 0.717) is 0 Å². The van der Waals surface area contributed by atoms with Crippen LogP contribution < -0.4 is 0 Å². The van der Waals surface area contributed by atoms with Crippen LogP contribution in [0.1, 0.15) is 5.56 Å². The maximum Gasteiger partial charge on any atom is 0.200 e. The van der Waals surface area contributed by atoms with Crippen molar-refractivity contribution in [3.05, 3.63) is 244 Å². The van der Waals surface area contributed by atoms with Crippen molar-refractivity contribution in [2.24, 2.45) is 0 Å². The van der Waals surface area contributed by atoms with Crippen LogP contribution in [-0.2, 0) is 0 Å². The van der Waals surface area contributed by atoms with E-state index in [4.69, 9.17) is 0 Å². The van der Waals surface area contributed by atoms with Gasteiger partial charge in [0.2, 0.25) is 23.3 Å². The fourth-order valence-electron chi connectivity index (χ4n) is 10.4. The standard InChI is InChI=1S/C61H4F40/c1-3-6(9-42(82)50(90)58(98)51(91)43(9)83)28(68)29(69)7(22(3)62)4-2-5(8-30(70)32(72)16(33(73)31(8)71)19-44(84)52(92)59(99)53(93)45(19)85)24(64)10(23(4)63)11-25(65)12(14-34(74)38(78)17(39(79)35(14)75)20-46(86)54(94)60(100)55(95)47(20)87)27(67)13(26(11)66)15-36(76)40(80)18(41(81)37(15)77)21-48(88)56(96)61(101)57(97)49(21)89/h2H,1H3. The summed E-state index contributed by atoms with van der Waals surface area (Å²) in [5, 5.41) is 0. The molecule has 0 aliphatic rings. The van der Waals surface area contributed by atoms with Gasteiger partial charge in [0.05, 0.1) is 83.5 Å². The van der Waals surface area contributed by atoms with Gasteiger partial charge in [-0.15, -0.1) is 0 Å². The Bertz CT molecular complexity index is 4920. The Kier molecular flexibility index (Phi) is 18.1. The molecule has 0 unspecified atom stereocenters. The van der Waals surface area contributed by atoms with Crippen molar-refractivity contribution >= 4 is 0 Å². The molecule has 0 aromatic heterocycles. The number of halogens is 40. The Hall–Kier alpha value is -10.6. The van der Waals surface area contributed by atoms with E-state index < -0.39 is 344 Å². The van der Waals surface area contributed by atoms with E-state index in [0.717, 1.165) is 0 Å². The third-order valence-corrected chi connectivity index (χ3v) is 15.0. The normalized spacial score (nSPS) is 11.8. The van der Waals surface area contributed by atoms with Crippen LogP contribution >= 0.6 is 0 Å². The van der Waals surface area contributed by atoms with Crippen molar-refractivity contribution in [1.82, 2.24) is 0 Å². The molecule has 10 rings (SSSR count). The molecule has 0 nitrogen and oxygen atoms in total. The van der Waals surface area contributed by atoms with Crippen LogP contribution in [0, 0.1) is 240 Å². The third kappa shape index (κ3) is 9.99. The van der Waals surface area contributed by atoms with Gasteiger partial charge in [-0.1, -0.05) is 0 Å². The molecule has 10 aromatic carbocycles. The first-order chi connectivity index (χ1) is 46.8. The first-order valence-electron chi connectivity index (χ1n) is 25.4. The largest absolute Gasteiger partial charge is 0.206 e. The van der Waals surface area contributed by atoms with Crippen LogP contribution in [0.25, 0.3) is 100 Å². The lowest BCUT2D eigenvalue weighted by Crippen LogP contribution is -2.14. The van der Waals surface area contributed by atoms with Gasteiger partial charge in [-0.25, -0.2) is 176 Å². The minimum Gasteiger partial charge on any atom is -0.206 e.